The van der Waals surface area contributed by atoms with Crippen molar-refractivity contribution in [3.05, 3.63) is 0 Å². The predicted molar refractivity (Wildman–Crippen MR) is 111 cm³/mol. The lowest BCUT2D eigenvalue weighted by Gasteiger charge is -2.44. The third-order valence-corrected chi connectivity index (χ3v) is 7.78. The van der Waals surface area contributed by atoms with Crippen LogP contribution >= 0.6 is 0 Å². The maximum Gasteiger partial charge on any atom is 0.226 e. The number of carbonyl (C=O) groups excluding carboxylic acids is 1. The van der Waals surface area contributed by atoms with Gasteiger partial charge in [-0.25, -0.2) is 4.99 Å². The maximum atomic E-state index is 12.3. The van der Waals surface area contributed by atoms with Crippen molar-refractivity contribution in [1.82, 2.24) is 5.32 Å². The summed E-state index contributed by atoms with van der Waals surface area (Å²) in [5.41, 5.74) is 0. The summed E-state index contributed by atoms with van der Waals surface area (Å²) >= 11 is 0. The SMILES string of the molecule is O=C(CCC1CCCCC1)NC1=NCC(C2CCCC3CCCCC32)C=N1. The number of hydrogen-bond donors (Lipinski definition) is 1. The number of aliphatic imine (C=N–C) groups is 2. The Morgan fingerprint density at radius 1 is 0.926 bits per heavy atom. The third kappa shape index (κ3) is 5.00. The monoisotopic (exact) mass is 371 g/mol. The molecule has 3 aliphatic carbocycles. The molecule has 0 bridgehead atoms. The second-order valence-corrected chi connectivity index (χ2v) is 9.50. The summed E-state index contributed by atoms with van der Waals surface area (Å²) in [6.07, 6.45) is 20.3. The molecule has 150 valence electrons. The lowest BCUT2D eigenvalue weighted by Crippen LogP contribution is -2.39. The highest BCUT2D eigenvalue weighted by Gasteiger charge is 2.38. The summed E-state index contributed by atoms with van der Waals surface area (Å²) in [7, 11) is 0. The number of nitrogens with zero attached hydrogens (tertiary/aromatic N) is 2. The van der Waals surface area contributed by atoms with Crippen molar-refractivity contribution in [3.8, 4) is 0 Å². The molecular formula is C23H37N3O. The lowest BCUT2D eigenvalue weighted by atomic mass is 9.62. The number of fused-ring (bicyclic) bond motifs is 1. The van der Waals surface area contributed by atoms with E-state index in [1.54, 1.807) is 0 Å². The summed E-state index contributed by atoms with van der Waals surface area (Å²) in [4.78, 5) is 21.5. The van der Waals surface area contributed by atoms with E-state index in [4.69, 9.17) is 0 Å². The van der Waals surface area contributed by atoms with E-state index in [2.05, 4.69) is 21.5 Å². The number of carbonyl (C=O) groups is 1. The van der Waals surface area contributed by atoms with E-state index in [1.807, 2.05) is 0 Å². The topological polar surface area (TPSA) is 53.8 Å². The largest absolute Gasteiger partial charge is 0.295 e. The molecule has 3 saturated carbocycles. The Morgan fingerprint density at radius 2 is 1.67 bits per heavy atom. The van der Waals surface area contributed by atoms with Crippen LogP contribution in [0.4, 0.5) is 0 Å². The minimum absolute atomic E-state index is 0.0972. The van der Waals surface area contributed by atoms with Gasteiger partial charge in [-0.2, -0.15) is 0 Å². The first-order valence-electron chi connectivity index (χ1n) is 11.7. The summed E-state index contributed by atoms with van der Waals surface area (Å²) < 4.78 is 0. The van der Waals surface area contributed by atoms with Crippen molar-refractivity contribution in [2.24, 2.45) is 39.6 Å². The van der Waals surface area contributed by atoms with Gasteiger partial charge in [-0.05, 0) is 42.9 Å². The average molecular weight is 372 g/mol. The smallest absolute Gasteiger partial charge is 0.226 e. The van der Waals surface area contributed by atoms with Crippen molar-refractivity contribution in [3.63, 3.8) is 0 Å². The fourth-order valence-electron chi connectivity index (χ4n) is 6.28. The molecule has 4 rings (SSSR count). The molecule has 1 N–H and O–H groups in total. The molecule has 27 heavy (non-hydrogen) atoms. The van der Waals surface area contributed by atoms with Gasteiger partial charge < -0.3 is 0 Å². The van der Waals surface area contributed by atoms with Gasteiger partial charge in [-0.15, -0.1) is 0 Å². The molecule has 1 amide bonds. The quantitative estimate of drug-likeness (QED) is 0.732. The molecule has 4 nitrogen and oxygen atoms in total. The molecule has 4 aliphatic rings. The first kappa shape index (κ1) is 19.1. The van der Waals surface area contributed by atoms with E-state index in [0.29, 0.717) is 18.3 Å². The van der Waals surface area contributed by atoms with Gasteiger partial charge in [0.2, 0.25) is 11.9 Å². The Kier molecular flexibility index (Phi) is 6.62. The van der Waals surface area contributed by atoms with Crippen LogP contribution in [0.25, 0.3) is 0 Å². The molecule has 0 aromatic rings. The summed E-state index contributed by atoms with van der Waals surface area (Å²) in [6, 6.07) is 0. The van der Waals surface area contributed by atoms with Crippen molar-refractivity contribution in [2.45, 2.75) is 89.9 Å². The summed E-state index contributed by atoms with van der Waals surface area (Å²) in [5.74, 6) is 4.50. The van der Waals surface area contributed by atoms with E-state index >= 15 is 0 Å². The minimum Gasteiger partial charge on any atom is -0.295 e. The number of nitrogens with one attached hydrogen (secondary N) is 1. The maximum absolute atomic E-state index is 12.3. The third-order valence-electron chi connectivity index (χ3n) is 7.78. The first-order chi connectivity index (χ1) is 13.3. The number of guanidine groups is 1. The Labute approximate surface area is 164 Å². The highest BCUT2D eigenvalue weighted by atomic mass is 16.1. The van der Waals surface area contributed by atoms with Crippen LogP contribution in [0.1, 0.15) is 89.9 Å². The van der Waals surface area contributed by atoms with Gasteiger partial charge in [0.15, 0.2) is 0 Å². The van der Waals surface area contributed by atoms with E-state index < -0.39 is 0 Å². The Hall–Kier alpha value is -1.19. The fraction of sp³-hybridized carbons (Fsp3) is 0.870. The van der Waals surface area contributed by atoms with Crippen molar-refractivity contribution >= 4 is 18.1 Å². The molecule has 3 fully saturated rings. The zero-order valence-electron chi connectivity index (χ0n) is 16.9. The van der Waals surface area contributed by atoms with Gasteiger partial charge >= 0.3 is 0 Å². The van der Waals surface area contributed by atoms with Crippen LogP contribution in [0.5, 0.6) is 0 Å². The predicted octanol–water partition coefficient (Wildman–Crippen LogP) is 5.13. The van der Waals surface area contributed by atoms with E-state index in [9.17, 15) is 4.79 Å². The lowest BCUT2D eigenvalue weighted by molar-refractivity contribution is -0.120. The molecule has 4 atom stereocenters. The van der Waals surface area contributed by atoms with Crippen molar-refractivity contribution < 1.29 is 4.79 Å². The molecule has 0 aromatic carbocycles. The fourth-order valence-corrected chi connectivity index (χ4v) is 6.28. The van der Waals surface area contributed by atoms with E-state index in [-0.39, 0.29) is 5.91 Å². The zero-order valence-corrected chi connectivity index (χ0v) is 16.9. The highest BCUT2D eigenvalue weighted by molar-refractivity contribution is 6.01. The number of rotatable bonds is 4. The second kappa shape index (κ2) is 9.34. The van der Waals surface area contributed by atoms with Gasteiger partial charge in [0.05, 0.1) is 6.54 Å². The Balaban J connectivity index is 1.23. The first-order valence-corrected chi connectivity index (χ1v) is 11.7. The molecule has 0 aromatic heterocycles. The van der Waals surface area contributed by atoms with Crippen LogP contribution in [0.2, 0.25) is 0 Å². The average Bonchev–Trinajstić information content (AvgIpc) is 2.73. The van der Waals surface area contributed by atoms with Crippen LogP contribution in [-0.4, -0.2) is 24.6 Å². The van der Waals surface area contributed by atoms with Gasteiger partial charge in [0, 0.05) is 18.6 Å². The molecule has 4 unspecified atom stereocenters. The number of amides is 1. The molecule has 0 saturated heterocycles. The Morgan fingerprint density at radius 3 is 2.48 bits per heavy atom. The van der Waals surface area contributed by atoms with E-state index in [1.165, 1.54) is 77.0 Å². The molecule has 0 spiro atoms. The van der Waals surface area contributed by atoms with Crippen LogP contribution in [-0.2, 0) is 4.79 Å². The summed E-state index contributed by atoms with van der Waals surface area (Å²) in [6.45, 7) is 0.815. The minimum atomic E-state index is 0.0972. The van der Waals surface area contributed by atoms with Crippen LogP contribution in [0, 0.1) is 29.6 Å². The van der Waals surface area contributed by atoms with Crippen LogP contribution in [0.3, 0.4) is 0 Å². The highest BCUT2D eigenvalue weighted by Crippen LogP contribution is 2.46. The molecule has 0 radical (unpaired) electrons. The van der Waals surface area contributed by atoms with E-state index in [0.717, 1.165) is 36.6 Å². The van der Waals surface area contributed by atoms with Gasteiger partial charge in [-0.1, -0.05) is 64.2 Å². The Bertz CT molecular complexity index is 562. The molecule has 1 aliphatic heterocycles. The standard InChI is InChI=1S/C23H37N3O/c27-22(14-13-17-7-2-1-3-8-17)26-23-24-15-19(16-25-23)21-12-6-10-18-9-4-5-11-20(18)21/h15,17-21H,1-14,16H2,(H,25,26,27). The van der Waals surface area contributed by atoms with Gasteiger partial charge in [-0.3, -0.25) is 15.1 Å². The van der Waals surface area contributed by atoms with Crippen LogP contribution < -0.4 is 5.32 Å². The number of hydrogen-bond acceptors (Lipinski definition) is 3. The zero-order chi connectivity index (χ0) is 18.5. The van der Waals surface area contributed by atoms with Crippen molar-refractivity contribution in [1.29, 1.82) is 0 Å². The van der Waals surface area contributed by atoms with Crippen LogP contribution in [0.15, 0.2) is 9.98 Å². The van der Waals surface area contributed by atoms with Crippen molar-refractivity contribution in [2.75, 3.05) is 6.54 Å². The molecule has 1 heterocycles. The van der Waals surface area contributed by atoms with Gasteiger partial charge in [0.25, 0.3) is 0 Å². The summed E-state index contributed by atoms with van der Waals surface area (Å²) in [5, 5.41) is 2.95. The molecular weight excluding hydrogens is 334 g/mol. The normalized spacial score (nSPS) is 34.6. The second-order valence-electron chi connectivity index (χ2n) is 9.50. The molecule has 4 heteroatoms. The van der Waals surface area contributed by atoms with Gasteiger partial charge in [0.1, 0.15) is 0 Å².